The average molecular weight is 307 g/mol. The fourth-order valence-corrected chi connectivity index (χ4v) is 2.68. The van der Waals surface area contributed by atoms with E-state index in [0.29, 0.717) is 12.8 Å². The molecular formula is C12H14BrClFN. The minimum atomic E-state index is -0.712. The van der Waals surface area contributed by atoms with E-state index >= 15 is 0 Å². The molecule has 1 N–H and O–H groups in total. The number of alkyl halides is 1. The number of benzene rings is 1. The van der Waals surface area contributed by atoms with Gasteiger partial charge >= 0.3 is 0 Å². The molecule has 1 fully saturated rings. The van der Waals surface area contributed by atoms with Gasteiger partial charge in [-0.25, -0.2) is 4.39 Å². The molecule has 1 aliphatic heterocycles. The maximum absolute atomic E-state index is 13.7. The molecule has 0 spiro atoms. The summed E-state index contributed by atoms with van der Waals surface area (Å²) in [5.74, 6) is 0.0422. The van der Waals surface area contributed by atoms with Crippen molar-refractivity contribution in [3.8, 4) is 0 Å². The quantitative estimate of drug-likeness (QED) is 0.880. The summed E-state index contributed by atoms with van der Waals surface area (Å²) in [7, 11) is 0. The third-order valence-corrected chi connectivity index (χ3v) is 3.87. The van der Waals surface area contributed by atoms with Crippen molar-refractivity contribution < 1.29 is 4.39 Å². The van der Waals surface area contributed by atoms with Gasteiger partial charge in [0.15, 0.2) is 0 Å². The summed E-state index contributed by atoms with van der Waals surface area (Å²) in [4.78, 5) is 0. The number of hydrogen-bond acceptors (Lipinski definition) is 1. The Balaban J connectivity index is 2.10. The molecule has 0 unspecified atom stereocenters. The van der Waals surface area contributed by atoms with Crippen LogP contribution < -0.4 is 5.32 Å². The van der Waals surface area contributed by atoms with Crippen LogP contribution in [0.3, 0.4) is 0 Å². The van der Waals surface area contributed by atoms with Crippen LogP contribution in [0.2, 0.25) is 5.02 Å². The molecule has 16 heavy (non-hydrogen) atoms. The first-order valence-corrected chi connectivity index (χ1v) is 6.62. The molecule has 0 bridgehead atoms. The number of piperidine rings is 1. The fourth-order valence-electron chi connectivity index (χ4n) is 2.07. The highest BCUT2D eigenvalue weighted by Gasteiger charge is 2.25. The van der Waals surface area contributed by atoms with Crippen molar-refractivity contribution in [3.63, 3.8) is 0 Å². The highest BCUT2D eigenvalue weighted by atomic mass is 79.9. The third kappa shape index (κ3) is 2.96. The zero-order chi connectivity index (χ0) is 11.5. The molecule has 0 aromatic heterocycles. The molecule has 1 nitrogen and oxygen atoms in total. The maximum Gasteiger partial charge on any atom is 0.106 e. The summed E-state index contributed by atoms with van der Waals surface area (Å²) < 4.78 is 14.7. The van der Waals surface area contributed by atoms with Crippen LogP contribution >= 0.6 is 27.5 Å². The SMILES string of the molecule is F[C@@H]1CCNC[C@H]1Cc1cc(Br)ccc1Cl. The zero-order valence-corrected chi connectivity index (χ0v) is 11.2. The van der Waals surface area contributed by atoms with Gasteiger partial charge in [-0.3, -0.25) is 0 Å². The Morgan fingerprint density at radius 2 is 2.31 bits per heavy atom. The number of nitrogens with one attached hydrogen (secondary N) is 1. The van der Waals surface area contributed by atoms with Crippen LogP contribution in [0.1, 0.15) is 12.0 Å². The molecule has 1 aromatic rings. The normalized spacial score (nSPS) is 25.7. The predicted octanol–water partition coefficient (Wildman–Crippen LogP) is 3.59. The summed E-state index contributed by atoms with van der Waals surface area (Å²) in [5, 5.41) is 3.95. The summed E-state index contributed by atoms with van der Waals surface area (Å²) in [6.07, 6.45) is 0.597. The Kier molecular flexibility index (Phi) is 4.22. The number of halogens is 3. The Labute approximate surface area is 109 Å². The highest BCUT2D eigenvalue weighted by Crippen LogP contribution is 2.26. The lowest BCUT2D eigenvalue weighted by molar-refractivity contribution is 0.178. The Morgan fingerprint density at radius 3 is 3.06 bits per heavy atom. The van der Waals surface area contributed by atoms with E-state index in [-0.39, 0.29) is 5.92 Å². The molecule has 88 valence electrons. The van der Waals surface area contributed by atoms with E-state index in [1.165, 1.54) is 0 Å². The van der Waals surface area contributed by atoms with Gasteiger partial charge in [-0.05, 0) is 43.1 Å². The van der Waals surface area contributed by atoms with Gasteiger partial charge in [0, 0.05) is 22.0 Å². The van der Waals surface area contributed by atoms with E-state index in [9.17, 15) is 4.39 Å². The standard InChI is InChI=1S/C12H14BrClFN/c13-10-1-2-11(14)8(6-10)5-9-7-16-4-3-12(9)15/h1-2,6,9,12,16H,3-5,7H2/t9-,12-/m1/s1. The van der Waals surface area contributed by atoms with Gasteiger partial charge in [0.2, 0.25) is 0 Å². The Morgan fingerprint density at radius 1 is 1.50 bits per heavy atom. The predicted molar refractivity (Wildman–Crippen MR) is 68.7 cm³/mol. The van der Waals surface area contributed by atoms with Gasteiger partial charge in [0.25, 0.3) is 0 Å². The van der Waals surface area contributed by atoms with E-state index in [4.69, 9.17) is 11.6 Å². The summed E-state index contributed by atoms with van der Waals surface area (Å²) in [6.45, 7) is 1.52. The molecule has 0 radical (unpaired) electrons. The van der Waals surface area contributed by atoms with Crippen LogP contribution in [-0.2, 0) is 6.42 Å². The van der Waals surface area contributed by atoms with E-state index in [1.807, 2.05) is 18.2 Å². The van der Waals surface area contributed by atoms with Crippen LogP contribution in [0.25, 0.3) is 0 Å². The molecule has 0 saturated carbocycles. The molecule has 1 aromatic carbocycles. The monoisotopic (exact) mass is 305 g/mol. The largest absolute Gasteiger partial charge is 0.316 e. The molecule has 0 aliphatic carbocycles. The Hall–Kier alpha value is -0.120. The van der Waals surface area contributed by atoms with Crippen LogP contribution in [0, 0.1) is 5.92 Å². The first-order chi connectivity index (χ1) is 7.66. The molecule has 2 rings (SSSR count). The van der Waals surface area contributed by atoms with E-state index < -0.39 is 6.17 Å². The fraction of sp³-hybridized carbons (Fsp3) is 0.500. The van der Waals surface area contributed by atoms with Crippen molar-refractivity contribution in [2.24, 2.45) is 5.92 Å². The summed E-state index contributed by atoms with van der Waals surface area (Å²) in [5.41, 5.74) is 1.02. The molecule has 0 amide bonds. The van der Waals surface area contributed by atoms with Gasteiger partial charge in [-0.15, -0.1) is 0 Å². The van der Waals surface area contributed by atoms with E-state index in [1.54, 1.807) is 0 Å². The van der Waals surface area contributed by atoms with Crippen molar-refractivity contribution in [1.29, 1.82) is 0 Å². The van der Waals surface area contributed by atoms with Crippen molar-refractivity contribution in [1.82, 2.24) is 5.32 Å². The average Bonchev–Trinajstić information content (AvgIpc) is 2.27. The van der Waals surface area contributed by atoms with Crippen LogP contribution in [0.15, 0.2) is 22.7 Å². The molecule has 4 heteroatoms. The van der Waals surface area contributed by atoms with E-state index in [0.717, 1.165) is 28.1 Å². The second-order valence-corrected chi connectivity index (χ2v) is 5.53. The lowest BCUT2D eigenvalue weighted by Gasteiger charge is -2.27. The summed E-state index contributed by atoms with van der Waals surface area (Å²) >= 11 is 9.51. The topological polar surface area (TPSA) is 12.0 Å². The molecule has 2 atom stereocenters. The Bertz CT molecular complexity index is 372. The molecule has 1 saturated heterocycles. The van der Waals surface area contributed by atoms with Gasteiger partial charge in [0.1, 0.15) is 6.17 Å². The van der Waals surface area contributed by atoms with Gasteiger partial charge in [-0.1, -0.05) is 27.5 Å². The zero-order valence-electron chi connectivity index (χ0n) is 8.85. The summed E-state index contributed by atoms with van der Waals surface area (Å²) in [6, 6.07) is 5.73. The molecule has 1 heterocycles. The third-order valence-electron chi connectivity index (χ3n) is 3.00. The second-order valence-electron chi connectivity index (χ2n) is 4.21. The smallest absolute Gasteiger partial charge is 0.106 e. The van der Waals surface area contributed by atoms with Gasteiger partial charge in [0.05, 0.1) is 0 Å². The van der Waals surface area contributed by atoms with E-state index in [2.05, 4.69) is 21.2 Å². The molecular weight excluding hydrogens is 292 g/mol. The van der Waals surface area contributed by atoms with Crippen molar-refractivity contribution >= 4 is 27.5 Å². The van der Waals surface area contributed by atoms with Gasteiger partial charge in [-0.2, -0.15) is 0 Å². The maximum atomic E-state index is 13.7. The van der Waals surface area contributed by atoms with Crippen molar-refractivity contribution in [2.75, 3.05) is 13.1 Å². The lowest BCUT2D eigenvalue weighted by Crippen LogP contribution is -2.38. The number of hydrogen-bond donors (Lipinski definition) is 1. The van der Waals surface area contributed by atoms with Crippen LogP contribution in [0.5, 0.6) is 0 Å². The van der Waals surface area contributed by atoms with Crippen LogP contribution in [-0.4, -0.2) is 19.3 Å². The first kappa shape index (κ1) is 12.3. The van der Waals surface area contributed by atoms with Crippen LogP contribution in [0.4, 0.5) is 4.39 Å². The molecule has 1 aliphatic rings. The second kappa shape index (κ2) is 5.48. The highest BCUT2D eigenvalue weighted by molar-refractivity contribution is 9.10. The minimum absolute atomic E-state index is 0.0422. The van der Waals surface area contributed by atoms with Crippen molar-refractivity contribution in [2.45, 2.75) is 19.0 Å². The minimum Gasteiger partial charge on any atom is -0.316 e. The van der Waals surface area contributed by atoms with Gasteiger partial charge < -0.3 is 5.32 Å². The number of rotatable bonds is 2. The lowest BCUT2D eigenvalue weighted by atomic mass is 9.91. The first-order valence-electron chi connectivity index (χ1n) is 5.45. The van der Waals surface area contributed by atoms with Crippen molar-refractivity contribution in [3.05, 3.63) is 33.3 Å².